The van der Waals surface area contributed by atoms with Crippen molar-refractivity contribution in [2.45, 2.75) is 26.3 Å². The maximum absolute atomic E-state index is 5.67. The third-order valence-electron chi connectivity index (χ3n) is 3.55. The number of benzene rings is 2. The van der Waals surface area contributed by atoms with Crippen LogP contribution in [0.2, 0.25) is 0 Å². The van der Waals surface area contributed by atoms with Crippen molar-refractivity contribution in [2.75, 3.05) is 20.3 Å². The van der Waals surface area contributed by atoms with E-state index < -0.39 is 0 Å². The average molecular weight is 378 g/mol. The van der Waals surface area contributed by atoms with Gasteiger partial charge in [-0.1, -0.05) is 31.2 Å². The molecule has 0 aliphatic rings. The number of para-hydroxylation sites is 1. The molecule has 0 fully saturated rings. The van der Waals surface area contributed by atoms with E-state index >= 15 is 0 Å². The zero-order valence-corrected chi connectivity index (χ0v) is 15.4. The first-order chi connectivity index (χ1) is 11.2. The second-order valence-electron chi connectivity index (χ2n) is 5.35. The fraction of sp³-hybridized carbons (Fsp3) is 0.368. The summed E-state index contributed by atoms with van der Waals surface area (Å²) in [6.07, 6.45) is 1.96. The van der Waals surface area contributed by atoms with Crippen LogP contribution in [0.4, 0.5) is 0 Å². The minimum absolute atomic E-state index is 0.745. The Bertz CT molecular complexity index is 616. The molecule has 0 aliphatic heterocycles. The predicted molar refractivity (Wildman–Crippen MR) is 98.3 cm³/mol. The van der Waals surface area contributed by atoms with Crippen LogP contribution >= 0.6 is 15.9 Å². The zero-order valence-electron chi connectivity index (χ0n) is 13.8. The third kappa shape index (κ3) is 5.56. The lowest BCUT2D eigenvalue weighted by Gasteiger charge is -2.11. The minimum atomic E-state index is 0.745. The Morgan fingerprint density at radius 2 is 1.91 bits per heavy atom. The quantitative estimate of drug-likeness (QED) is 0.648. The first-order valence-corrected chi connectivity index (χ1v) is 8.77. The van der Waals surface area contributed by atoms with Crippen molar-refractivity contribution in [3.63, 3.8) is 0 Å². The Morgan fingerprint density at radius 3 is 2.65 bits per heavy atom. The van der Waals surface area contributed by atoms with Crippen molar-refractivity contribution in [3.05, 3.63) is 58.1 Å². The zero-order chi connectivity index (χ0) is 16.5. The molecule has 0 saturated heterocycles. The maximum atomic E-state index is 5.67. The summed E-state index contributed by atoms with van der Waals surface area (Å²) in [6.45, 7) is 4.59. The summed E-state index contributed by atoms with van der Waals surface area (Å²) in [5.41, 5.74) is 2.47. The average Bonchev–Trinajstić information content (AvgIpc) is 2.58. The highest BCUT2D eigenvalue weighted by Crippen LogP contribution is 2.26. The fourth-order valence-electron chi connectivity index (χ4n) is 2.35. The van der Waals surface area contributed by atoms with Crippen LogP contribution in [0.3, 0.4) is 0 Å². The highest BCUT2D eigenvalue weighted by atomic mass is 79.9. The van der Waals surface area contributed by atoms with E-state index in [-0.39, 0.29) is 0 Å². The smallest absolute Gasteiger partial charge is 0.133 e. The van der Waals surface area contributed by atoms with Crippen molar-refractivity contribution >= 4 is 15.9 Å². The standard InChI is InChI=1S/C19H24BrNO2/c1-3-12-23-19-9-8-15(13-17(19)20)14-21-11-10-16-6-4-5-7-18(16)22-2/h4-9,13,21H,3,10-12,14H2,1-2H3. The van der Waals surface area contributed by atoms with Crippen molar-refractivity contribution < 1.29 is 9.47 Å². The van der Waals surface area contributed by atoms with E-state index in [1.165, 1.54) is 11.1 Å². The van der Waals surface area contributed by atoms with Gasteiger partial charge in [0.05, 0.1) is 18.2 Å². The Labute approximate surface area is 147 Å². The fourth-order valence-corrected chi connectivity index (χ4v) is 2.89. The summed E-state index contributed by atoms with van der Waals surface area (Å²) >= 11 is 3.57. The van der Waals surface area contributed by atoms with Gasteiger partial charge in [0.25, 0.3) is 0 Å². The van der Waals surface area contributed by atoms with E-state index in [2.05, 4.69) is 46.4 Å². The Morgan fingerprint density at radius 1 is 1.09 bits per heavy atom. The van der Waals surface area contributed by atoms with Gasteiger partial charge in [-0.3, -0.25) is 0 Å². The number of nitrogens with one attached hydrogen (secondary N) is 1. The molecule has 0 amide bonds. The summed E-state index contributed by atoms with van der Waals surface area (Å²) in [5.74, 6) is 1.86. The van der Waals surface area contributed by atoms with Crippen molar-refractivity contribution in [1.82, 2.24) is 5.32 Å². The molecule has 0 atom stereocenters. The molecular weight excluding hydrogens is 354 g/mol. The molecule has 124 valence electrons. The van der Waals surface area contributed by atoms with Gasteiger partial charge in [0.15, 0.2) is 0 Å². The molecule has 2 aromatic rings. The molecule has 0 bridgehead atoms. The van der Waals surface area contributed by atoms with Gasteiger partial charge in [0, 0.05) is 6.54 Å². The van der Waals surface area contributed by atoms with E-state index in [1.54, 1.807) is 7.11 Å². The Balaban J connectivity index is 1.81. The molecule has 0 heterocycles. The topological polar surface area (TPSA) is 30.5 Å². The van der Waals surface area contributed by atoms with Crippen LogP contribution in [0.15, 0.2) is 46.9 Å². The van der Waals surface area contributed by atoms with E-state index in [4.69, 9.17) is 9.47 Å². The van der Waals surface area contributed by atoms with Gasteiger partial charge in [-0.2, -0.15) is 0 Å². The van der Waals surface area contributed by atoms with Gasteiger partial charge in [-0.05, 0) is 64.6 Å². The van der Waals surface area contributed by atoms with E-state index in [0.29, 0.717) is 0 Å². The Hall–Kier alpha value is -1.52. The molecule has 23 heavy (non-hydrogen) atoms. The Kier molecular flexibility index (Phi) is 7.43. The summed E-state index contributed by atoms with van der Waals surface area (Å²) < 4.78 is 12.1. The SMILES string of the molecule is CCCOc1ccc(CNCCc2ccccc2OC)cc1Br. The normalized spacial score (nSPS) is 10.6. The third-order valence-corrected chi connectivity index (χ3v) is 4.17. The minimum Gasteiger partial charge on any atom is -0.496 e. The maximum Gasteiger partial charge on any atom is 0.133 e. The van der Waals surface area contributed by atoms with Crippen LogP contribution in [0.5, 0.6) is 11.5 Å². The molecule has 3 nitrogen and oxygen atoms in total. The van der Waals surface area contributed by atoms with Crippen LogP contribution in [0.25, 0.3) is 0 Å². The molecule has 0 aromatic heterocycles. The summed E-state index contributed by atoms with van der Waals surface area (Å²) in [7, 11) is 1.71. The molecule has 0 unspecified atom stereocenters. The lowest BCUT2D eigenvalue weighted by molar-refractivity contribution is 0.315. The molecule has 2 rings (SSSR count). The van der Waals surface area contributed by atoms with Gasteiger partial charge < -0.3 is 14.8 Å². The van der Waals surface area contributed by atoms with Crippen molar-refractivity contribution in [2.24, 2.45) is 0 Å². The van der Waals surface area contributed by atoms with Crippen molar-refractivity contribution in [3.8, 4) is 11.5 Å². The highest BCUT2D eigenvalue weighted by molar-refractivity contribution is 9.10. The molecule has 0 aliphatic carbocycles. The molecular formula is C19H24BrNO2. The second kappa shape index (κ2) is 9.58. The van der Waals surface area contributed by atoms with Crippen LogP contribution in [0, 0.1) is 0 Å². The summed E-state index contributed by atoms with van der Waals surface area (Å²) in [4.78, 5) is 0. The van der Waals surface area contributed by atoms with E-state index in [1.807, 2.05) is 24.3 Å². The van der Waals surface area contributed by atoms with Crippen LogP contribution in [0.1, 0.15) is 24.5 Å². The summed E-state index contributed by atoms with van der Waals surface area (Å²) in [6, 6.07) is 14.4. The number of hydrogen-bond donors (Lipinski definition) is 1. The molecule has 0 spiro atoms. The molecule has 0 saturated carbocycles. The predicted octanol–water partition coefficient (Wildman–Crippen LogP) is 4.58. The number of ether oxygens (including phenoxy) is 2. The van der Waals surface area contributed by atoms with Gasteiger partial charge in [0.2, 0.25) is 0 Å². The van der Waals surface area contributed by atoms with Crippen molar-refractivity contribution in [1.29, 1.82) is 0 Å². The molecule has 0 radical (unpaired) electrons. The first-order valence-electron chi connectivity index (χ1n) is 7.98. The highest BCUT2D eigenvalue weighted by Gasteiger charge is 2.04. The number of rotatable bonds is 9. The van der Waals surface area contributed by atoms with Crippen LogP contribution in [-0.2, 0) is 13.0 Å². The molecule has 2 aromatic carbocycles. The van der Waals surface area contributed by atoms with Gasteiger partial charge in [0.1, 0.15) is 11.5 Å². The van der Waals surface area contributed by atoms with Gasteiger partial charge in [-0.25, -0.2) is 0 Å². The van der Waals surface area contributed by atoms with Gasteiger partial charge >= 0.3 is 0 Å². The molecule has 4 heteroatoms. The largest absolute Gasteiger partial charge is 0.496 e. The van der Waals surface area contributed by atoms with Gasteiger partial charge in [-0.15, -0.1) is 0 Å². The van der Waals surface area contributed by atoms with Crippen LogP contribution < -0.4 is 14.8 Å². The number of methoxy groups -OCH3 is 1. The van der Waals surface area contributed by atoms with Crippen LogP contribution in [-0.4, -0.2) is 20.3 Å². The van der Waals surface area contributed by atoms with E-state index in [9.17, 15) is 0 Å². The first kappa shape index (κ1) is 17.8. The van der Waals surface area contributed by atoms with E-state index in [0.717, 1.165) is 48.5 Å². The lowest BCUT2D eigenvalue weighted by atomic mass is 10.1. The lowest BCUT2D eigenvalue weighted by Crippen LogP contribution is -2.17. The molecule has 1 N–H and O–H groups in total. The number of hydrogen-bond acceptors (Lipinski definition) is 3. The summed E-state index contributed by atoms with van der Waals surface area (Å²) in [5, 5.41) is 3.47. The number of halogens is 1. The monoisotopic (exact) mass is 377 g/mol. The second-order valence-corrected chi connectivity index (χ2v) is 6.21.